The fourth-order valence-corrected chi connectivity index (χ4v) is 2.50. The summed E-state index contributed by atoms with van der Waals surface area (Å²) in [6.07, 6.45) is 0.475. The molecule has 1 rings (SSSR count). The first-order valence-corrected chi connectivity index (χ1v) is 8.92. The van der Waals surface area contributed by atoms with Crippen molar-refractivity contribution in [1.29, 1.82) is 0 Å². The second kappa shape index (κ2) is 9.15. The molecule has 1 N–H and O–H groups in total. The summed E-state index contributed by atoms with van der Waals surface area (Å²) in [6, 6.07) is -0.530. The Morgan fingerprint density at radius 2 is 1.88 bits per heavy atom. The molecule has 1 aliphatic heterocycles. The monoisotopic (exact) mass is 365 g/mol. The van der Waals surface area contributed by atoms with Gasteiger partial charge >= 0.3 is 11.9 Å². The Morgan fingerprint density at radius 1 is 1.27 bits per heavy atom. The van der Waals surface area contributed by atoms with Crippen molar-refractivity contribution in [3.8, 4) is 11.8 Å². The van der Waals surface area contributed by atoms with Gasteiger partial charge in [0.25, 0.3) is 5.91 Å². The van der Waals surface area contributed by atoms with Crippen molar-refractivity contribution in [1.82, 2.24) is 15.1 Å². The standard InChI is InChI=1S/C19H31N3O4/c1-13(2)16(20-5)18(25)26-17(24)14-9-11-22(12-14)15(23)8-10-19(3,4)21(6)7/h13-14,16,20H,9,11-12H2,1-7H3/t14-,16-/m0/s1. The molecule has 0 unspecified atom stereocenters. The van der Waals surface area contributed by atoms with Crippen molar-refractivity contribution < 1.29 is 19.1 Å². The molecule has 0 aromatic heterocycles. The molecule has 146 valence electrons. The lowest BCUT2D eigenvalue weighted by Gasteiger charge is -2.26. The van der Waals surface area contributed by atoms with Crippen molar-refractivity contribution in [2.24, 2.45) is 11.8 Å². The molecule has 2 atom stereocenters. The van der Waals surface area contributed by atoms with Gasteiger partial charge in [-0.2, -0.15) is 0 Å². The van der Waals surface area contributed by atoms with E-state index < -0.39 is 29.4 Å². The summed E-state index contributed by atoms with van der Waals surface area (Å²) in [5, 5.41) is 2.85. The number of likely N-dealkylation sites (N-methyl/N-ethyl adjacent to an activating group) is 1. The number of hydrogen-bond acceptors (Lipinski definition) is 6. The fourth-order valence-electron chi connectivity index (χ4n) is 2.50. The van der Waals surface area contributed by atoms with Gasteiger partial charge in [0.05, 0.1) is 11.5 Å². The Hall–Kier alpha value is -1.91. The summed E-state index contributed by atoms with van der Waals surface area (Å²) in [4.78, 5) is 40.0. The minimum Gasteiger partial charge on any atom is -0.392 e. The second-order valence-electron chi connectivity index (χ2n) is 7.69. The molecule has 1 fully saturated rings. The average molecular weight is 365 g/mol. The molecule has 0 aliphatic carbocycles. The predicted octanol–water partition coefficient (Wildman–Crippen LogP) is 0.492. The Morgan fingerprint density at radius 3 is 2.38 bits per heavy atom. The van der Waals surface area contributed by atoms with E-state index in [1.807, 2.05) is 46.7 Å². The zero-order chi connectivity index (χ0) is 20.1. The van der Waals surface area contributed by atoms with Gasteiger partial charge in [-0.1, -0.05) is 19.8 Å². The molecule has 1 saturated heterocycles. The molecular formula is C19H31N3O4. The third-order valence-electron chi connectivity index (χ3n) is 4.83. The van der Waals surface area contributed by atoms with Gasteiger partial charge in [0.1, 0.15) is 6.04 Å². The average Bonchev–Trinajstić information content (AvgIpc) is 3.02. The molecule has 7 nitrogen and oxygen atoms in total. The van der Waals surface area contributed by atoms with Crippen LogP contribution in [0.5, 0.6) is 0 Å². The molecular weight excluding hydrogens is 334 g/mol. The van der Waals surface area contributed by atoms with E-state index in [2.05, 4.69) is 17.2 Å². The van der Waals surface area contributed by atoms with Crippen LogP contribution in [-0.4, -0.2) is 73.5 Å². The van der Waals surface area contributed by atoms with Crippen molar-refractivity contribution in [3.05, 3.63) is 0 Å². The number of carbonyl (C=O) groups is 3. The van der Waals surface area contributed by atoms with Gasteiger partial charge in [0.15, 0.2) is 0 Å². The summed E-state index contributed by atoms with van der Waals surface area (Å²) >= 11 is 0. The molecule has 26 heavy (non-hydrogen) atoms. The molecule has 0 saturated carbocycles. The number of esters is 2. The van der Waals surface area contributed by atoms with Crippen molar-refractivity contribution in [3.63, 3.8) is 0 Å². The number of hydrogen-bond donors (Lipinski definition) is 1. The Bertz CT molecular complexity index is 602. The molecule has 1 heterocycles. The first-order valence-electron chi connectivity index (χ1n) is 8.92. The van der Waals surface area contributed by atoms with Gasteiger partial charge in [0, 0.05) is 13.1 Å². The van der Waals surface area contributed by atoms with Crippen molar-refractivity contribution in [2.45, 2.75) is 45.7 Å². The fraction of sp³-hybridized carbons (Fsp3) is 0.737. The third-order valence-corrected chi connectivity index (χ3v) is 4.83. The van der Waals surface area contributed by atoms with Crippen LogP contribution in [0.4, 0.5) is 0 Å². The molecule has 1 amide bonds. The number of amides is 1. The van der Waals surface area contributed by atoms with Crippen molar-refractivity contribution in [2.75, 3.05) is 34.2 Å². The second-order valence-corrected chi connectivity index (χ2v) is 7.69. The zero-order valence-electron chi connectivity index (χ0n) is 16.9. The van der Waals surface area contributed by atoms with Gasteiger partial charge in [-0.05, 0) is 53.2 Å². The number of carbonyl (C=O) groups excluding carboxylic acids is 3. The van der Waals surface area contributed by atoms with Crippen LogP contribution < -0.4 is 5.32 Å². The summed E-state index contributed by atoms with van der Waals surface area (Å²) in [6.45, 7) is 8.26. The topological polar surface area (TPSA) is 79.0 Å². The van der Waals surface area contributed by atoms with Crippen LogP contribution in [0.25, 0.3) is 0 Å². The first-order chi connectivity index (χ1) is 12.0. The molecule has 0 spiro atoms. The summed E-state index contributed by atoms with van der Waals surface area (Å²) in [7, 11) is 5.45. The van der Waals surface area contributed by atoms with E-state index in [0.29, 0.717) is 13.0 Å². The maximum absolute atomic E-state index is 12.3. The molecule has 1 aliphatic rings. The number of likely N-dealkylation sites (tertiary alicyclic amines) is 1. The van der Waals surface area contributed by atoms with E-state index in [-0.39, 0.29) is 18.4 Å². The van der Waals surface area contributed by atoms with Gasteiger partial charge in [-0.15, -0.1) is 0 Å². The highest BCUT2D eigenvalue weighted by atomic mass is 16.6. The van der Waals surface area contributed by atoms with Gasteiger partial charge in [-0.25, -0.2) is 4.79 Å². The normalized spacial score (nSPS) is 18.5. The molecule has 0 radical (unpaired) electrons. The summed E-state index contributed by atoms with van der Waals surface area (Å²) < 4.78 is 5.00. The predicted molar refractivity (Wildman–Crippen MR) is 99.0 cm³/mol. The van der Waals surface area contributed by atoms with Crippen molar-refractivity contribution >= 4 is 17.8 Å². The van der Waals surface area contributed by atoms with E-state index in [1.54, 1.807) is 7.05 Å². The number of nitrogens with zero attached hydrogens (tertiary/aromatic N) is 2. The maximum atomic E-state index is 12.3. The number of rotatable bonds is 5. The Balaban J connectivity index is 2.63. The SMILES string of the molecule is CN[C@H](C(=O)OC(=O)[C@H]1CCN(C(=O)C#CC(C)(C)N(C)C)C1)C(C)C. The van der Waals surface area contributed by atoms with E-state index in [0.717, 1.165) is 0 Å². The highest BCUT2D eigenvalue weighted by Crippen LogP contribution is 2.18. The third kappa shape index (κ3) is 5.82. The molecule has 7 heteroatoms. The van der Waals surface area contributed by atoms with Gasteiger partial charge in [-0.3, -0.25) is 14.5 Å². The van der Waals surface area contributed by atoms with Gasteiger partial charge < -0.3 is 15.0 Å². The van der Waals surface area contributed by atoms with Crippen LogP contribution >= 0.6 is 0 Å². The first kappa shape index (κ1) is 22.1. The van der Waals surface area contributed by atoms with Crippen LogP contribution in [0.2, 0.25) is 0 Å². The quantitative estimate of drug-likeness (QED) is 0.434. The van der Waals surface area contributed by atoms with E-state index in [4.69, 9.17) is 4.74 Å². The lowest BCUT2D eigenvalue weighted by Crippen LogP contribution is -2.41. The van der Waals surface area contributed by atoms with Crippen LogP contribution in [0.15, 0.2) is 0 Å². The van der Waals surface area contributed by atoms with Gasteiger partial charge in [0.2, 0.25) is 0 Å². The zero-order valence-corrected chi connectivity index (χ0v) is 16.9. The smallest absolute Gasteiger partial charge is 0.331 e. The minimum absolute atomic E-state index is 0.0114. The van der Waals surface area contributed by atoms with E-state index >= 15 is 0 Å². The molecule has 0 aromatic carbocycles. The number of ether oxygens (including phenoxy) is 1. The molecule has 0 aromatic rings. The summed E-state index contributed by atoms with van der Waals surface area (Å²) in [5.74, 6) is 3.67. The highest BCUT2D eigenvalue weighted by molar-refractivity contribution is 5.95. The maximum Gasteiger partial charge on any atom is 0.331 e. The van der Waals surface area contributed by atoms with E-state index in [9.17, 15) is 14.4 Å². The Kier molecular flexibility index (Phi) is 7.79. The van der Waals surface area contributed by atoms with Crippen LogP contribution in [0.1, 0.15) is 34.1 Å². The number of nitrogens with one attached hydrogen (secondary N) is 1. The van der Waals surface area contributed by atoms with Crippen LogP contribution in [-0.2, 0) is 19.1 Å². The Labute approximate surface area is 156 Å². The van der Waals surface area contributed by atoms with E-state index in [1.165, 1.54) is 4.90 Å². The molecule has 0 bridgehead atoms. The minimum atomic E-state index is -0.579. The lowest BCUT2D eigenvalue weighted by atomic mass is 10.0. The van der Waals surface area contributed by atoms with Crippen LogP contribution in [0, 0.1) is 23.7 Å². The largest absolute Gasteiger partial charge is 0.392 e. The van der Waals surface area contributed by atoms with Crippen LogP contribution in [0.3, 0.4) is 0 Å². The highest BCUT2D eigenvalue weighted by Gasteiger charge is 2.34. The lowest BCUT2D eigenvalue weighted by molar-refractivity contribution is -0.164. The summed E-state index contributed by atoms with van der Waals surface area (Å²) in [5.41, 5.74) is -0.418.